The lowest BCUT2D eigenvalue weighted by Crippen LogP contribution is -1.93. The van der Waals surface area contributed by atoms with Crippen LogP contribution < -0.4 is 0 Å². The molecule has 0 saturated heterocycles. The molecule has 0 amide bonds. The molecule has 2 aromatic heterocycles. The minimum Gasteiger partial charge on any atom is -0.344 e. The maximum absolute atomic E-state index is 2.40. The van der Waals surface area contributed by atoms with Crippen molar-refractivity contribution in [1.29, 1.82) is 0 Å². The maximum atomic E-state index is 2.40. The van der Waals surface area contributed by atoms with Crippen LogP contribution in [-0.2, 0) is 7.05 Å². The van der Waals surface area contributed by atoms with E-state index >= 15 is 0 Å². The van der Waals surface area contributed by atoms with Gasteiger partial charge in [0.05, 0.1) is 11.0 Å². The molecule has 156 valence electrons. The Hall–Kier alpha value is -4.30. The number of fused-ring (bicyclic) bond motifs is 6. The third-order valence-electron chi connectivity index (χ3n) is 6.92. The molecule has 0 atom stereocenters. The number of nitrogens with zero attached hydrogens (tertiary/aromatic N) is 2. The highest BCUT2D eigenvalue weighted by Gasteiger charge is 2.18. The van der Waals surface area contributed by atoms with Gasteiger partial charge in [0, 0.05) is 45.3 Å². The van der Waals surface area contributed by atoms with Crippen LogP contribution in [0.2, 0.25) is 0 Å². The minimum absolute atomic E-state index is 1.19. The predicted molar refractivity (Wildman–Crippen MR) is 140 cm³/mol. The van der Waals surface area contributed by atoms with Crippen LogP contribution in [0.4, 0.5) is 0 Å². The fraction of sp³-hybridized carbons (Fsp3) is 0.0323. The summed E-state index contributed by atoms with van der Waals surface area (Å²) in [6, 6.07) is 41.5. The van der Waals surface area contributed by atoms with Crippen molar-refractivity contribution in [1.82, 2.24) is 9.13 Å². The number of hydrogen-bond donors (Lipinski definition) is 0. The lowest BCUT2D eigenvalue weighted by atomic mass is 9.99. The van der Waals surface area contributed by atoms with Crippen LogP contribution >= 0.6 is 0 Å². The van der Waals surface area contributed by atoms with Crippen molar-refractivity contribution in [3.05, 3.63) is 115 Å². The Kier molecular flexibility index (Phi) is 3.80. The molecular weight excluding hydrogens is 400 g/mol. The van der Waals surface area contributed by atoms with Crippen molar-refractivity contribution >= 4 is 43.6 Å². The molecule has 0 spiro atoms. The third kappa shape index (κ3) is 2.55. The van der Waals surface area contributed by atoms with E-state index in [2.05, 4.69) is 131 Å². The topological polar surface area (TPSA) is 9.86 Å². The van der Waals surface area contributed by atoms with E-state index in [1.165, 1.54) is 60.4 Å². The van der Waals surface area contributed by atoms with Gasteiger partial charge in [-0.3, -0.25) is 0 Å². The number of benzene rings is 5. The van der Waals surface area contributed by atoms with Crippen LogP contribution in [0, 0.1) is 0 Å². The summed E-state index contributed by atoms with van der Waals surface area (Å²) in [6.07, 6.45) is 0. The summed E-state index contributed by atoms with van der Waals surface area (Å²) >= 11 is 0. The summed E-state index contributed by atoms with van der Waals surface area (Å²) in [5.74, 6) is 0. The van der Waals surface area contributed by atoms with Crippen LogP contribution in [0.25, 0.3) is 60.4 Å². The molecule has 0 fully saturated rings. The maximum Gasteiger partial charge on any atom is 0.0548 e. The van der Waals surface area contributed by atoms with E-state index in [9.17, 15) is 0 Å². The first-order chi connectivity index (χ1) is 16.3. The van der Waals surface area contributed by atoms with Gasteiger partial charge in [0.2, 0.25) is 0 Å². The Bertz CT molecular complexity index is 1800. The Balaban J connectivity index is 1.69. The summed E-state index contributed by atoms with van der Waals surface area (Å²) in [5, 5.41) is 5.17. The van der Waals surface area contributed by atoms with Crippen molar-refractivity contribution in [2.24, 2.45) is 7.05 Å². The van der Waals surface area contributed by atoms with Crippen molar-refractivity contribution in [2.75, 3.05) is 0 Å². The van der Waals surface area contributed by atoms with E-state index in [0.717, 1.165) is 0 Å². The Labute approximate surface area is 191 Å². The van der Waals surface area contributed by atoms with Gasteiger partial charge in [-0.1, -0.05) is 78.9 Å². The van der Waals surface area contributed by atoms with Gasteiger partial charge in [-0.2, -0.15) is 0 Å². The van der Waals surface area contributed by atoms with Gasteiger partial charge in [0.15, 0.2) is 0 Å². The Morgan fingerprint density at radius 1 is 0.485 bits per heavy atom. The molecule has 5 aromatic carbocycles. The highest BCUT2D eigenvalue weighted by molar-refractivity contribution is 6.21. The smallest absolute Gasteiger partial charge is 0.0548 e. The summed E-state index contributed by atoms with van der Waals surface area (Å²) in [7, 11) is 2.18. The largest absolute Gasteiger partial charge is 0.344 e. The van der Waals surface area contributed by atoms with Gasteiger partial charge in [-0.15, -0.1) is 0 Å². The first-order valence-corrected chi connectivity index (χ1v) is 11.4. The first-order valence-electron chi connectivity index (χ1n) is 11.4. The summed E-state index contributed by atoms with van der Waals surface area (Å²) in [5.41, 5.74) is 8.71. The molecule has 0 saturated carbocycles. The van der Waals surface area contributed by atoms with Crippen LogP contribution in [0.3, 0.4) is 0 Å². The van der Waals surface area contributed by atoms with Crippen LogP contribution in [0.1, 0.15) is 0 Å². The average molecular weight is 423 g/mol. The molecule has 0 aliphatic rings. The highest BCUT2D eigenvalue weighted by atomic mass is 15.0. The number of aromatic nitrogens is 2. The zero-order valence-corrected chi connectivity index (χ0v) is 18.4. The first kappa shape index (κ1) is 18.3. The monoisotopic (exact) mass is 422 g/mol. The molecule has 7 rings (SSSR count). The summed E-state index contributed by atoms with van der Waals surface area (Å²) < 4.78 is 4.74. The normalized spacial score (nSPS) is 11.8. The van der Waals surface area contributed by atoms with Crippen molar-refractivity contribution in [3.8, 4) is 16.8 Å². The second-order valence-electron chi connectivity index (χ2n) is 8.70. The van der Waals surface area contributed by atoms with Crippen LogP contribution in [0.5, 0.6) is 0 Å². The van der Waals surface area contributed by atoms with E-state index in [1.807, 2.05) is 0 Å². The third-order valence-corrected chi connectivity index (χ3v) is 6.92. The van der Waals surface area contributed by atoms with Gasteiger partial charge >= 0.3 is 0 Å². The minimum atomic E-state index is 1.19. The van der Waals surface area contributed by atoms with E-state index in [1.54, 1.807) is 0 Å². The molecule has 0 N–H and O–H groups in total. The van der Waals surface area contributed by atoms with Crippen molar-refractivity contribution in [2.45, 2.75) is 0 Å². The molecule has 33 heavy (non-hydrogen) atoms. The summed E-state index contributed by atoms with van der Waals surface area (Å²) in [4.78, 5) is 0. The Morgan fingerprint density at radius 2 is 1.15 bits per heavy atom. The van der Waals surface area contributed by atoms with Crippen LogP contribution in [-0.4, -0.2) is 9.13 Å². The molecule has 2 heteroatoms. The molecule has 0 aliphatic heterocycles. The van der Waals surface area contributed by atoms with E-state index in [4.69, 9.17) is 0 Å². The lowest BCUT2D eigenvalue weighted by molar-refractivity contribution is 1.02. The standard InChI is InChI=1S/C31H22N2/c1-32-28-18-10-16-23(21-11-4-2-5-12-21)31(28)26-20-30-25(19-29(26)32)24-15-8-9-17-27(24)33(30)22-13-6-3-7-14-22/h2-20H,1H3. The van der Waals surface area contributed by atoms with Gasteiger partial charge in [0.25, 0.3) is 0 Å². The quantitative estimate of drug-likeness (QED) is 0.266. The van der Waals surface area contributed by atoms with Gasteiger partial charge in [-0.05, 0) is 47.5 Å². The SMILES string of the molecule is Cn1c2cc3c4ccccc4n(-c4ccccc4)c3cc2c2c(-c3ccccc3)cccc21. The van der Waals surface area contributed by atoms with Gasteiger partial charge in [0.1, 0.15) is 0 Å². The van der Waals surface area contributed by atoms with E-state index in [-0.39, 0.29) is 0 Å². The lowest BCUT2D eigenvalue weighted by Gasteiger charge is -2.08. The summed E-state index contributed by atoms with van der Waals surface area (Å²) in [6.45, 7) is 0. The fourth-order valence-corrected chi connectivity index (χ4v) is 5.43. The molecule has 0 radical (unpaired) electrons. The molecule has 2 heterocycles. The van der Waals surface area contributed by atoms with E-state index < -0.39 is 0 Å². The Morgan fingerprint density at radius 3 is 1.97 bits per heavy atom. The van der Waals surface area contributed by atoms with Crippen molar-refractivity contribution < 1.29 is 0 Å². The second kappa shape index (κ2) is 6.85. The number of aryl methyl sites for hydroxylation is 1. The van der Waals surface area contributed by atoms with Crippen molar-refractivity contribution in [3.63, 3.8) is 0 Å². The highest BCUT2D eigenvalue weighted by Crippen LogP contribution is 2.40. The molecule has 7 aromatic rings. The zero-order chi connectivity index (χ0) is 21.9. The number of rotatable bonds is 2. The second-order valence-corrected chi connectivity index (χ2v) is 8.70. The van der Waals surface area contributed by atoms with Crippen LogP contribution in [0.15, 0.2) is 115 Å². The molecule has 0 aliphatic carbocycles. The average Bonchev–Trinajstić information content (AvgIpc) is 3.36. The van der Waals surface area contributed by atoms with Gasteiger partial charge in [-0.25, -0.2) is 0 Å². The fourth-order valence-electron chi connectivity index (χ4n) is 5.43. The van der Waals surface area contributed by atoms with Gasteiger partial charge < -0.3 is 9.13 Å². The molecular formula is C31H22N2. The van der Waals surface area contributed by atoms with E-state index in [0.29, 0.717) is 0 Å². The number of para-hydroxylation sites is 2. The molecule has 0 unspecified atom stereocenters. The zero-order valence-electron chi connectivity index (χ0n) is 18.4. The molecule has 2 nitrogen and oxygen atoms in total. The molecule has 0 bridgehead atoms. The predicted octanol–water partition coefficient (Wildman–Crippen LogP) is 8.10. The number of hydrogen-bond acceptors (Lipinski definition) is 0.